The number of nitro groups is 1. The van der Waals surface area contributed by atoms with Gasteiger partial charge in [0, 0.05) is 6.04 Å². The van der Waals surface area contributed by atoms with Crippen molar-refractivity contribution in [2.24, 2.45) is 0 Å². The fraction of sp³-hybridized carbons (Fsp3) is 0.417. The summed E-state index contributed by atoms with van der Waals surface area (Å²) in [5.41, 5.74) is 0.879. The number of hydrogen-bond acceptors (Lipinski definition) is 5. The average molecular weight is 263 g/mol. The number of rotatable bonds is 3. The van der Waals surface area contributed by atoms with Crippen LogP contribution < -0.4 is 15.4 Å². The molecule has 0 bridgehead atoms. The molecule has 7 nitrogen and oxygen atoms in total. The minimum Gasteiger partial charge on any atom is -0.481 e. The van der Waals surface area contributed by atoms with Crippen LogP contribution in [0, 0.1) is 10.1 Å². The lowest BCUT2D eigenvalue weighted by atomic mass is 9.93. The maximum Gasteiger partial charge on any atom is 0.296 e. The van der Waals surface area contributed by atoms with Gasteiger partial charge in [-0.1, -0.05) is 0 Å². The molecule has 2 aliphatic rings. The van der Waals surface area contributed by atoms with E-state index in [1.807, 2.05) is 0 Å². The highest BCUT2D eigenvalue weighted by Gasteiger charge is 2.26. The van der Waals surface area contributed by atoms with Crippen molar-refractivity contribution in [2.75, 3.05) is 17.2 Å². The van der Waals surface area contributed by atoms with Crippen LogP contribution in [0.4, 0.5) is 17.1 Å². The summed E-state index contributed by atoms with van der Waals surface area (Å²) in [5, 5.41) is 16.9. The molecule has 1 heterocycles. The molecule has 1 fully saturated rings. The van der Waals surface area contributed by atoms with Crippen LogP contribution in [0.2, 0.25) is 0 Å². The number of carbonyl (C=O) groups is 1. The van der Waals surface area contributed by atoms with E-state index in [0.717, 1.165) is 19.3 Å². The molecular formula is C12H13N3O4. The largest absolute Gasteiger partial charge is 0.481 e. The van der Waals surface area contributed by atoms with Crippen molar-refractivity contribution >= 4 is 23.0 Å². The molecule has 0 spiro atoms. The minimum absolute atomic E-state index is 0.0261. The molecule has 1 amide bonds. The summed E-state index contributed by atoms with van der Waals surface area (Å²) in [6.45, 7) is -0.112. The molecule has 0 unspecified atom stereocenters. The molecule has 1 aromatic carbocycles. The number of nitro benzene ring substituents is 1. The molecule has 0 aromatic heterocycles. The Balaban J connectivity index is 1.97. The van der Waals surface area contributed by atoms with Gasteiger partial charge in [-0.2, -0.15) is 0 Å². The van der Waals surface area contributed by atoms with Gasteiger partial charge in [0.05, 0.1) is 16.7 Å². The van der Waals surface area contributed by atoms with E-state index >= 15 is 0 Å². The van der Waals surface area contributed by atoms with Crippen LogP contribution in [-0.4, -0.2) is 23.5 Å². The smallest absolute Gasteiger partial charge is 0.296 e. The van der Waals surface area contributed by atoms with Gasteiger partial charge in [-0.3, -0.25) is 14.9 Å². The van der Waals surface area contributed by atoms with Crippen LogP contribution >= 0.6 is 0 Å². The van der Waals surface area contributed by atoms with Crippen molar-refractivity contribution in [3.63, 3.8) is 0 Å². The number of carbonyl (C=O) groups excluding carboxylic acids is 1. The van der Waals surface area contributed by atoms with E-state index in [2.05, 4.69) is 10.6 Å². The first-order valence-corrected chi connectivity index (χ1v) is 6.15. The van der Waals surface area contributed by atoms with E-state index < -0.39 is 4.92 Å². The Morgan fingerprint density at radius 1 is 1.42 bits per heavy atom. The number of nitrogens with one attached hydrogen (secondary N) is 2. The third kappa shape index (κ3) is 2.18. The highest BCUT2D eigenvalue weighted by Crippen LogP contribution is 2.39. The summed E-state index contributed by atoms with van der Waals surface area (Å²) in [7, 11) is 0. The van der Waals surface area contributed by atoms with Crippen LogP contribution in [-0.2, 0) is 4.79 Å². The fourth-order valence-electron chi connectivity index (χ4n) is 2.15. The normalized spacial score (nSPS) is 17.8. The highest BCUT2D eigenvalue weighted by atomic mass is 16.6. The Labute approximate surface area is 109 Å². The average Bonchev–Trinajstić information content (AvgIpc) is 2.32. The number of anilines is 2. The van der Waals surface area contributed by atoms with Crippen LogP contribution in [0.25, 0.3) is 0 Å². The molecule has 2 N–H and O–H groups in total. The van der Waals surface area contributed by atoms with Crippen molar-refractivity contribution < 1.29 is 14.5 Å². The monoisotopic (exact) mass is 263 g/mol. The van der Waals surface area contributed by atoms with Gasteiger partial charge in [-0.25, -0.2) is 0 Å². The third-order valence-electron chi connectivity index (χ3n) is 3.39. The fourth-order valence-corrected chi connectivity index (χ4v) is 2.15. The molecule has 7 heteroatoms. The lowest BCUT2D eigenvalue weighted by molar-refractivity contribution is -0.384. The third-order valence-corrected chi connectivity index (χ3v) is 3.39. The predicted molar refractivity (Wildman–Crippen MR) is 68.5 cm³/mol. The van der Waals surface area contributed by atoms with Gasteiger partial charge in [0.25, 0.3) is 11.6 Å². The van der Waals surface area contributed by atoms with Gasteiger partial charge in [-0.05, 0) is 25.3 Å². The molecule has 19 heavy (non-hydrogen) atoms. The second kappa shape index (κ2) is 4.42. The Hall–Kier alpha value is -2.31. The molecule has 0 atom stereocenters. The summed E-state index contributed by atoms with van der Waals surface area (Å²) in [4.78, 5) is 21.9. The zero-order valence-corrected chi connectivity index (χ0v) is 10.1. The van der Waals surface area contributed by atoms with Gasteiger partial charge in [0.15, 0.2) is 12.4 Å². The molecule has 1 aliphatic carbocycles. The summed E-state index contributed by atoms with van der Waals surface area (Å²) in [5.74, 6) is 0.0846. The molecule has 1 saturated carbocycles. The molecule has 1 aromatic rings. The van der Waals surface area contributed by atoms with Gasteiger partial charge in [0.1, 0.15) is 5.69 Å². The molecule has 100 valence electrons. The van der Waals surface area contributed by atoms with Crippen molar-refractivity contribution in [3.8, 4) is 5.75 Å². The highest BCUT2D eigenvalue weighted by molar-refractivity contribution is 5.96. The van der Waals surface area contributed by atoms with Gasteiger partial charge in [0.2, 0.25) is 0 Å². The molecular weight excluding hydrogens is 250 g/mol. The summed E-state index contributed by atoms with van der Waals surface area (Å²) in [6.07, 6.45) is 3.16. The van der Waals surface area contributed by atoms with Crippen molar-refractivity contribution in [1.82, 2.24) is 0 Å². The minimum atomic E-state index is -0.443. The molecule has 1 aliphatic heterocycles. The van der Waals surface area contributed by atoms with E-state index in [4.69, 9.17) is 4.74 Å². The predicted octanol–water partition coefficient (Wildman–Crippen LogP) is 1.89. The standard InChI is InChI=1S/C12H13N3O4/c16-12-6-19-11-5-10(15(17)18)8(4-9(11)14-12)13-7-2-1-3-7/h4-5,7,13H,1-3,6H2,(H,14,16). The van der Waals surface area contributed by atoms with E-state index in [1.54, 1.807) is 6.07 Å². The second-order valence-corrected chi connectivity index (χ2v) is 4.73. The van der Waals surface area contributed by atoms with E-state index in [0.29, 0.717) is 17.1 Å². The lowest BCUT2D eigenvalue weighted by Crippen LogP contribution is -2.28. The number of benzene rings is 1. The number of nitrogens with zero attached hydrogens (tertiary/aromatic N) is 1. The quantitative estimate of drug-likeness (QED) is 0.641. The summed E-state index contributed by atoms with van der Waals surface area (Å²) >= 11 is 0. The van der Waals surface area contributed by atoms with E-state index in [-0.39, 0.29) is 24.2 Å². The zero-order chi connectivity index (χ0) is 13.4. The molecule has 3 rings (SSSR count). The van der Waals surface area contributed by atoms with E-state index in [9.17, 15) is 14.9 Å². The number of amides is 1. The van der Waals surface area contributed by atoms with Crippen molar-refractivity contribution in [3.05, 3.63) is 22.2 Å². The Kier molecular flexibility index (Phi) is 2.73. The Morgan fingerprint density at radius 2 is 2.21 bits per heavy atom. The Morgan fingerprint density at radius 3 is 2.84 bits per heavy atom. The second-order valence-electron chi connectivity index (χ2n) is 4.73. The van der Waals surface area contributed by atoms with Crippen LogP contribution in [0.1, 0.15) is 19.3 Å². The first-order valence-electron chi connectivity index (χ1n) is 6.15. The van der Waals surface area contributed by atoms with E-state index in [1.165, 1.54) is 6.07 Å². The number of fused-ring (bicyclic) bond motifs is 1. The van der Waals surface area contributed by atoms with Gasteiger partial charge in [-0.15, -0.1) is 0 Å². The number of hydrogen-bond donors (Lipinski definition) is 2. The lowest BCUT2D eigenvalue weighted by Gasteiger charge is -2.28. The number of ether oxygens (including phenoxy) is 1. The van der Waals surface area contributed by atoms with Crippen molar-refractivity contribution in [1.29, 1.82) is 0 Å². The van der Waals surface area contributed by atoms with Crippen molar-refractivity contribution in [2.45, 2.75) is 25.3 Å². The molecule has 0 radical (unpaired) electrons. The van der Waals surface area contributed by atoms with Gasteiger partial charge < -0.3 is 15.4 Å². The Bertz CT molecular complexity index is 554. The first-order chi connectivity index (χ1) is 9.13. The van der Waals surface area contributed by atoms with Crippen LogP contribution in [0.15, 0.2) is 12.1 Å². The summed E-state index contributed by atoms with van der Waals surface area (Å²) in [6, 6.07) is 3.20. The molecule has 0 saturated heterocycles. The SMILES string of the molecule is O=C1COc2cc([N+](=O)[O-])c(NC3CCC3)cc2N1. The topological polar surface area (TPSA) is 93.5 Å². The van der Waals surface area contributed by atoms with Gasteiger partial charge >= 0.3 is 0 Å². The first kappa shape index (κ1) is 11.8. The maximum atomic E-state index is 11.3. The summed E-state index contributed by atoms with van der Waals surface area (Å²) < 4.78 is 5.18. The van der Waals surface area contributed by atoms with Crippen LogP contribution in [0.3, 0.4) is 0 Å². The van der Waals surface area contributed by atoms with Crippen LogP contribution in [0.5, 0.6) is 5.75 Å². The zero-order valence-electron chi connectivity index (χ0n) is 10.1. The maximum absolute atomic E-state index is 11.3.